The fourth-order valence-electron chi connectivity index (χ4n) is 3.18. The van der Waals surface area contributed by atoms with Gasteiger partial charge in [-0.1, -0.05) is 48.0 Å². The number of hydrogen-bond acceptors (Lipinski definition) is 4. The molecule has 0 aromatic heterocycles. The normalized spacial score (nSPS) is 17.3. The second-order valence-corrected chi connectivity index (χ2v) is 6.41. The number of nitrogens with zero attached hydrogens (tertiary/aromatic N) is 1. The van der Waals surface area contributed by atoms with Crippen LogP contribution in [0.1, 0.15) is 23.1 Å². The van der Waals surface area contributed by atoms with Gasteiger partial charge in [-0.15, -0.1) is 0 Å². The number of carbonyl (C=O) groups is 3. The summed E-state index contributed by atoms with van der Waals surface area (Å²) in [6.07, 6.45) is 2.97. The molecule has 3 rings (SSSR count). The van der Waals surface area contributed by atoms with E-state index in [4.69, 9.17) is 0 Å². The number of carboxylic acid groups (broad SMARTS) is 1. The van der Waals surface area contributed by atoms with E-state index < -0.39 is 5.97 Å². The van der Waals surface area contributed by atoms with Gasteiger partial charge in [-0.25, -0.2) is 0 Å². The minimum atomic E-state index is -1.30. The van der Waals surface area contributed by atoms with Gasteiger partial charge in [0, 0.05) is 6.42 Å². The molecule has 26 heavy (non-hydrogen) atoms. The summed E-state index contributed by atoms with van der Waals surface area (Å²) in [4.78, 5) is 36.9. The third-order valence-electron chi connectivity index (χ3n) is 4.34. The Hall–Kier alpha value is -3.21. The summed E-state index contributed by atoms with van der Waals surface area (Å²) in [6.45, 7) is 1.99. The molecule has 132 valence electrons. The number of hydrogen-bond donors (Lipinski definition) is 0. The molecule has 1 aliphatic heterocycles. The number of carboxylic acids is 1. The zero-order valence-corrected chi connectivity index (χ0v) is 14.3. The van der Waals surface area contributed by atoms with Crippen molar-refractivity contribution < 1.29 is 19.5 Å². The molecule has 0 aliphatic carbocycles. The molecule has 1 heterocycles. The van der Waals surface area contributed by atoms with Crippen molar-refractivity contribution in [2.45, 2.75) is 19.8 Å². The van der Waals surface area contributed by atoms with E-state index in [1.54, 1.807) is 24.3 Å². The molecule has 1 fully saturated rings. The van der Waals surface area contributed by atoms with Crippen LogP contribution in [0.25, 0.3) is 6.08 Å². The zero-order valence-electron chi connectivity index (χ0n) is 14.3. The largest absolute Gasteiger partial charge is 0.545 e. The van der Waals surface area contributed by atoms with Crippen LogP contribution in [0.2, 0.25) is 0 Å². The van der Waals surface area contributed by atoms with Gasteiger partial charge in [0.05, 0.1) is 17.6 Å². The molecule has 0 spiro atoms. The molecule has 0 N–H and O–H groups in total. The number of amides is 2. The summed E-state index contributed by atoms with van der Waals surface area (Å²) in [5, 5.41) is 10.5. The summed E-state index contributed by atoms with van der Waals surface area (Å²) in [5.41, 5.74) is 3.17. The maximum absolute atomic E-state index is 12.8. The smallest absolute Gasteiger partial charge is 0.237 e. The number of anilines is 1. The number of imide groups is 1. The van der Waals surface area contributed by atoms with Crippen LogP contribution in [0.4, 0.5) is 5.69 Å². The van der Waals surface area contributed by atoms with Gasteiger partial charge in [-0.2, -0.15) is 0 Å². The second-order valence-electron chi connectivity index (χ2n) is 6.41. The van der Waals surface area contributed by atoms with Crippen molar-refractivity contribution in [1.29, 1.82) is 0 Å². The van der Waals surface area contributed by atoms with Gasteiger partial charge in [0.25, 0.3) is 0 Å². The van der Waals surface area contributed by atoms with E-state index in [1.165, 1.54) is 11.0 Å². The SMILES string of the molecule is Cc1cccc(C[C@@H]2CC(=O)N(c3cccc(/C=C/C(=O)[O-])c3)C2=O)c1. The van der Waals surface area contributed by atoms with E-state index in [0.29, 0.717) is 17.7 Å². The van der Waals surface area contributed by atoms with E-state index in [1.807, 2.05) is 31.2 Å². The minimum Gasteiger partial charge on any atom is -0.545 e. The molecule has 0 saturated carbocycles. The Bertz CT molecular complexity index is 900. The molecule has 0 unspecified atom stereocenters. The van der Waals surface area contributed by atoms with Gasteiger partial charge < -0.3 is 9.90 Å². The van der Waals surface area contributed by atoms with Crippen molar-refractivity contribution in [1.82, 2.24) is 0 Å². The van der Waals surface area contributed by atoms with Gasteiger partial charge in [0.1, 0.15) is 0 Å². The first-order chi connectivity index (χ1) is 12.4. The Labute approximate surface area is 151 Å². The monoisotopic (exact) mass is 348 g/mol. The lowest BCUT2D eigenvalue weighted by Crippen LogP contribution is -2.30. The number of carbonyl (C=O) groups excluding carboxylic acids is 3. The van der Waals surface area contributed by atoms with Crippen molar-refractivity contribution >= 4 is 29.5 Å². The molecule has 2 aromatic rings. The first-order valence-corrected chi connectivity index (χ1v) is 8.35. The summed E-state index contributed by atoms with van der Waals surface area (Å²) in [5.74, 6) is -2.15. The van der Waals surface area contributed by atoms with Crippen LogP contribution in [0.5, 0.6) is 0 Å². The molecule has 0 radical (unpaired) electrons. The van der Waals surface area contributed by atoms with Crippen LogP contribution >= 0.6 is 0 Å². The fourth-order valence-corrected chi connectivity index (χ4v) is 3.18. The average Bonchev–Trinajstić information content (AvgIpc) is 2.87. The Morgan fingerprint density at radius 1 is 1.19 bits per heavy atom. The lowest BCUT2D eigenvalue weighted by atomic mass is 9.97. The predicted molar refractivity (Wildman–Crippen MR) is 96.0 cm³/mol. The predicted octanol–water partition coefficient (Wildman–Crippen LogP) is 1.88. The van der Waals surface area contributed by atoms with Crippen molar-refractivity contribution in [3.8, 4) is 0 Å². The van der Waals surface area contributed by atoms with Crippen molar-refractivity contribution in [2.75, 3.05) is 4.90 Å². The van der Waals surface area contributed by atoms with E-state index in [9.17, 15) is 19.5 Å². The molecule has 1 saturated heterocycles. The van der Waals surface area contributed by atoms with Gasteiger partial charge >= 0.3 is 0 Å². The van der Waals surface area contributed by atoms with Crippen molar-refractivity contribution in [2.24, 2.45) is 5.92 Å². The van der Waals surface area contributed by atoms with E-state index in [0.717, 1.165) is 17.2 Å². The minimum absolute atomic E-state index is 0.173. The van der Waals surface area contributed by atoms with Crippen LogP contribution in [0.3, 0.4) is 0 Å². The van der Waals surface area contributed by atoms with Crippen molar-refractivity contribution in [3.05, 3.63) is 71.3 Å². The van der Waals surface area contributed by atoms with Gasteiger partial charge in [-0.05, 0) is 42.7 Å². The third kappa shape index (κ3) is 3.88. The molecular weight excluding hydrogens is 330 g/mol. The van der Waals surface area contributed by atoms with Crippen LogP contribution in [-0.4, -0.2) is 17.8 Å². The number of aryl methyl sites for hydroxylation is 1. The summed E-state index contributed by atoms with van der Waals surface area (Å²) < 4.78 is 0. The molecule has 2 aromatic carbocycles. The first-order valence-electron chi connectivity index (χ1n) is 8.35. The summed E-state index contributed by atoms with van der Waals surface area (Å²) in [6, 6.07) is 14.6. The molecule has 5 nitrogen and oxygen atoms in total. The number of benzene rings is 2. The zero-order chi connectivity index (χ0) is 18.7. The lowest BCUT2D eigenvalue weighted by molar-refractivity contribution is -0.297. The maximum atomic E-state index is 12.8. The summed E-state index contributed by atoms with van der Waals surface area (Å²) >= 11 is 0. The van der Waals surface area contributed by atoms with Crippen molar-refractivity contribution in [3.63, 3.8) is 0 Å². The molecule has 0 bridgehead atoms. The Morgan fingerprint density at radius 3 is 2.69 bits per heavy atom. The van der Waals surface area contributed by atoms with Crippen LogP contribution in [0.15, 0.2) is 54.6 Å². The average molecular weight is 348 g/mol. The second kappa shape index (κ2) is 7.35. The lowest BCUT2D eigenvalue weighted by Gasteiger charge is -2.16. The van der Waals surface area contributed by atoms with Gasteiger partial charge in [-0.3, -0.25) is 14.5 Å². The Kier molecular flexibility index (Phi) is 4.98. The molecule has 5 heteroatoms. The van der Waals surface area contributed by atoms with Crippen LogP contribution in [0, 0.1) is 12.8 Å². The third-order valence-corrected chi connectivity index (χ3v) is 4.34. The van der Waals surface area contributed by atoms with Gasteiger partial charge in [0.2, 0.25) is 11.8 Å². The highest BCUT2D eigenvalue weighted by Gasteiger charge is 2.39. The first kappa shape index (κ1) is 17.6. The fraction of sp³-hybridized carbons (Fsp3) is 0.190. The number of rotatable bonds is 5. The van der Waals surface area contributed by atoms with E-state index in [2.05, 4.69) is 0 Å². The molecular formula is C21H18NO4-. The number of aliphatic carboxylic acids is 1. The van der Waals surface area contributed by atoms with E-state index >= 15 is 0 Å². The molecule has 1 aliphatic rings. The van der Waals surface area contributed by atoms with E-state index in [-0.39, 0.29) is 24.2 Å². The highest BCUT2D eigenvalue weighted by Crippen LogP contribution is 2.29. The molecule has 2 amide bonds. The quantitative estimate of drug-likeness (QED) is 0.611. The summed E-state index contributed by atoms with van der Waals surface area (Å²) in [7, 11) is 0. The van der Waals surface area contributed by atoms with Crippen LogP contribution < -0.4 is 10.0 Å². The Morgan fingerprint density at radius 2 is 1.96 bits per heavy atom. The maximum Gasteiger partial charge on any atom is 0.237 e. The Balaban J connectivity index is 1.81. The highest BCUT2D eigenvalue weighted by atomic mass is 16.4. The molecule has 1 atom stereocenters. The van der Waals surface area contributed by atoms with Gasteiger partial charge in [0.15, 0.2) is 0 Å². The highest BCUT2D eigenvalue weighted by molar-refractivity contribution is 6.21. The van der Waals surface area contributed by atoms with Crippen LogP contribution in [-0.2, 0) is 20.8 Å². The standard InChI is InChI=1S/C21H19NO4/c1-14-4-2-6-16(10-14)11-17-13-19(23)22(21(17)26)18-7-3-5-15(12-18)8-9-20(24)25/h2-10,12,17H,11,13H2,1H3,(H,24,25)/p-1/b9-8+/t17-/m1/s1. The topological polar surface area (TPSA) is 77.5 Å².